The Morgan fingerprint density at radius 1 is 0.579 bits per heavy atom. The van der Waals surface area contributed by atoms with Crippen LogP contribution in [0, 0.1) is 0 Å². The first-order chi connectivity index (χ1) is 18.7. The maximum absolute atomic E-state index is 6.62. The normalized spacial score (nSPS) is 17.0. The molecule has 0 saturated carbocycles. The quantitative estimate of drug-likeness (QED) is 0.189. The Labute approximate surface area is 228 Å². The molecule has 1 aliphatic carbocycles. The molecule has 5 rings (SSSR count). The molecule has 0 radical (unpaired) electrons. The van der Waals surface area contributed by atoms with Crippen molar-refractivity contribution in [3.05, 3.63) is 143 Å². The third-order valence-electron chi connectivity index (χ3n) is 7.28. The summed E-state index contributed by atoms with van der Waals surface area (Å²) < 4.78 is 19.9. The maximum atomic E-state index is 6.62. The molecule has 1 unspecified atom stereocenters. The van der Waals surface area contributed by atoms with Crippen molar-refractivity contribution in [2.75, 3.05) is 19.8 Å². The van der Waals surface area contributed by atoms with Gasteiger partial charge in [0.05, 0.1) is 5.41 Å². The molecular formula is C34H36O3Si. The van der Waals surface area contributed by atoms with Crippen LogP contribution in [0.1, 0.15) is 48.6 Å². The van der Waals surface area contributed by atoms with Crippen LogP contribution < -0.4 is 0 Å². The summed E-state index contributed by atoms with van der Waals surface area (Å²) in [4.78, 5) is 0. The van der Waals surface area contributed by atoms with Crippen LogP contribution in [0.5, 0.6) is 0 Å². The van der Waals surface area contributed by atoms with Crippen LogP contribution in [0.3, 0.4) is 0 Å². The molecule has 3 nitrogen and oxygen atoms in total. The van der Waals surface area contributed by atoms with Crippen molar-refractivity contribution in [3.8, 4) is 0 Å². The van der Waals surface area contributed by atoms with E-state index in [4.69, 9.17) is 13.3 Å². The van der Waals surface area contributed by atoms with Crippen molar-refractivity contribution in [3.63, 3.8) is 0 Å². The number of benzene rings is 4. The van der Waals surface area contributed by atoms with E-state index in [0.717, 1.165) is 22.7 Å². The van der Waals surface area contributed by atoms with Gasteiger partial charge in [-0.3, -0.25) is 0 Å². The van der Waals surface area contributed by atoms with Crippen molar-refractivity contribution in [2.24, 2.45) is 0 Å². The molecule has 4 aromatic carbocycles. The number of allylic oxidation sites excluding steroid dienone is 1. The van der Waals surface area contributed by atoms with Gasteiger partial charge in [-0.05, 0) is 60.6 Å². The van der Waals surface area contributed by atoms with E-state index in [-0.39, 0.29) is 0 Å². The molecule has 0 aromatic heterocycles. The summed E-state index contributed by atoms with van der Waals surface area (Å²) in [6.07, 6.45) is 0.803. The van der Waals surface area contributed by atoms with Gasteiger partial charge in [0.25, 0.3) is 0 Å². The highest BCUT2D eigenvalue weighted by atomic mass is 28.4. The topological polar surface area (TPSA) is 27.7 Å². The predicted molar refractivity (Wildman–Crippen MR) is 158 cm³/mol. The Hall–Kier alpha value is -3.28. The molecule has 0 spiro atoms. The zero-order chi connectivity index (χ0) is 26.4. The number of hydrogen-bond donors (Lipinski definition) is 0. The zero-order valence-electron chi connectivity index (χ0n) is 22.5. The van der Waals surface area contributed by atoms with Gasteiger partial charge in [0.15, 0.2) is 0 Å². The molecule has 0 N–H and O–H groups in total. The van der Waals surface area contributed by atoms with Crippen molar-refractivity contribution in [1.82, 2.24) is 0 Å². The summed E-state index contributed by atoms with van der Waals surface area (Å²) in [5, 5.41) is 1.09. The van der Waals surface area contributed by atoms with Gasteiger partial charge in [0, 0.05) is 25.0 Å². The first kappa shape index (κ1) is 26.3. The Kier molecular flexibility index (Phi) is 8.06. The highest BCUT2D eigenvalue weighted by Crippen LogP contribution is 2.58. The van der Waals surface area contributed by atoms with Gasteiger partial charge < -0.3 is 13.3 Å². The van der Waals surface area contributed by atoms with Crippen molar-refractivity contribution in [2.45, 2.75) is 32.6 Å². The molecule has 1 atom stereocenters. The molecule has 1 aliphatic rings. The minimum Gasteiger partial charge on any atom is -0.370 e. The molecule has 0 amide bonds. The fraction of sp³-hybridized carbons (Fsp3) is 0.235. The second-order valence-electron chi connectivity index (χ2n) is 9.45. The van der Waals surface area contributed by atoms with Crippen LogP contribution in [-0.4, -0.2) is 28.6 Å². The van der Waals surface area contributed by atoms with Crippen molar-refractivity contribution >= 4 is 19.6 Å². The van der Waals surface area contributed by atoms with Gasteiger partial charge >= 0.3 is 8.80 Å². The summed E-state index contributed by atoms with van der Waals surface area (Å²) in [6.45, 7) is 7.61. The lowest BCUT2D eigenvalue weighted by atomic mass is 9.66. The second kappa shape index (κ2) is 11.6. The van der Waals surface area contributed by atoms with Gasteiger partial charge in [-0.1, -0.05) is 115 Å². The summed E-state index contributed by atoms with van der Waals surface area (Å²) in [6, 6.07) is 41.2. The lowest BCUT2D eigenvalue weighted by molar-refractivity contribution is 0.0872. The summed E-state index contributed by atoms with van der Waals surface area (Å²) in [5.74, 6) is 0. The van der Waals surface area contributed by atoms with E-state index in [0.29, 0.717) is 19.8 Å². The van der Waals surface area contributed by atoms with Crippen LogP contribution in [0.15, 0.2) is 115 Å². The lowest BCUT2D eigenvalue weighted by Gasteiger charge is -2.37. The maximum Gasteiger partial charge on any atom is 0.538 e. The molecular weight excluding hydrogens is 484 g/mol. The lowest BCUT2D eigenvalue weighted by Crippen LogP contribution is -2.48. The standard InChI is InChI=1S/C34H36O3Si/c1-4-35-38(36-5-2,37-6-3)33-30-24-16-17-25-31(30)34(29-22-14-9-15-23-29,26-27-18-10-7-11-19-27)32(33)28-20-12-8-13-21-28/h7-25H,4-6,26H2,1-3H3. The van der Waals surface area contributed by atoms with Crippen LogP contribution >= 0.6 is 0 Å². The van der Waals surface area contributed by atoms with E-state index < -0.39 is 14.2 Å². The van der Waals surface area contributed by atoms with E-state index in [1.807, 2.05) is 20.8 Å². The Morgan fingerprint density at radius 2 is 1.08 bits per heavy atom. The average Bonchev–Trinajstić information content (AvgIpc) is 3.26. The predicted octanol–water partition coefficient (Wildman–Crippen LogP) is 7.73. The summed E-state index contributed by atoms with van der Waals surface area (Å²) >= 11 is 0. The molecule has 38 heavy (non-hydrogen) atoms. The molecule has 4 heteroatoms. The fourth-order valence-electron chi connectivity index (χ4n) is 5.99. The van der Waals surface area contributed by atoms with E-state index in [1.54, 1.807) is 0 Å². The molecule has 0 saturated heterocycles. The third-order valence-corrected chi connectivity index (χ3v) is 10.4. The van der Waals surface area contributed by atoms with Gasteiger partial charge in [-0.15, -0.1) is 0 Å². The van der Waals surface area contributed by atoms with Crippen molar-refractivity contribution < 1.29 is 13.3 Å². The highest BCUT2D eigenvalue weighted by molar-refractivity contribution is 6.83. The van der Waals surface area contributed by atoms with Gasteiger partial charge in [-0.25, -0.2) is 0 Å². The fourth-order valence-corrected chi connectivity index (χ4v) is 9.03. The molecule has 194 valence electrons. The third kappa shape index (κ3) is 4.59. The zero-order valence-corrected chi connectivity index (χ0v) is 23.5. The first-order valence-corrected chi connectivity index (χ1v) is 15.3. The number of rotatable bonds is 11. The smallest absolute Gasteiger partial charge is 0.370 e. The van der Waals surface area contributed by atoms with Gasteiger partial charge in [0.2, 0.25) is 0 Å². The first-order valence-electron chi connectivity index (χ1n) is 13.6. The largest absolute Gasteiger partial charge is 0.538 e. The van der Waals surface area contributed by atoms with Gasteiger partial charge in [-0.2, -0.15) is 0 Å². The molecule has 0 fully saturated rings. The van der Waals surface area contributed by atoms with E-state index in [2.05, 4.69) is 115 Å². The number of fused-ring (bicyclic) bond motifs is 1. The monoisotopic (exact) mass is 520 g/mol. The summed E-state index contributed by atoms with van der Waals surface area (Å²) in [5.41, 5.74) is 6.87. The van der Waals surface area contributed by atoms with E-state index >= 15 is 0 Å². The average molecular weight is 521 g/mol. The Bertz CT molecular complexity index is 1350. The number of hydrogen-bond acceptors (Lipinski definition) is 3. The minimum atomic E-state index is -3.32. The SMILES string of the molecule is CCO[Si](OCC)(OCC)C1=C(c2ccccc2)C(Cc2ccccc2)(c2ccccc2)c2ccccc21. The van der Waals surface area contributed by atoms with Crippen LogP contribution in [0.25, 0.3) is 10.8 Å². The van der Waals surface area contributed by atoms with Crippen LogP contribution in [-0.2, 0) is 25.1 Å². The van der Waals surface area contributed by atoms with Crippen LogP contribution in [0.4, 0.5) is 0 Å². The van der Waals surface area contributed by atoms with E-state index in [9.17, 15) is 0 Å². The minimum absolute atomic E-state index is 0.459. The van der Waals surface area contributed by atoms with Gasteiger partial charge in [0.1, 0.15) is 0 Å². The molecule has 0 bridgehead atoms. The second-order valence-corrected chi connectivity index (χ2v) is 11.9. The molecule has 0 heterocycles. The molecule has 4 aromatic rings. The van der Waals surface area contributed by atoms with Crippen molar-refractivity contribution in [1.29, 1.82) is 0 Å². The van der Waals surface area contributed by atoms with Crippen LogP contribution in [0.2, 0.25) is 0 Å². The summed E-state index contributed by atoms with van der Waals surface area (Å²) in [7, 11) is -3.32. The van der Waals surface area contributed by atoms with E-state index in [1.165, 1.54) is 22.3 Å². The molecule has 0 aliphatic heterocycles. The Morgan fingerprint density at radius 3 is 1.66 bits per heavy atom. The Balaban J connectivity index is 1.95. The highest BCUT2D eigenvalue weighted by Gasteiger charge is 2.57.